The lowest BCUT2D eigenvalue weighted by atomic mass is 9.97. The summed E-state index contributed by atoms with van der Waals surface area (Å²) in [5.74, 6) is -1.10. The molecular formula is C20H20FN3O3. The van der Waals surface area contributed by atoms with Crippen molar-refractivity contribution in [3.63, 3.8) is 0 Å². The highest BCUT2D eigenvalue weighted by Gasteiger charge is 2.43. The van der Waals surface area contributed by atoms with Crippen molar-refractivity contribution < 1.29 is 18.7 Å². The maximum atomic E-state index is 13.7. The van der Waals surface area contributed by atoms with Crippen LogP contribution in [0.15, 0.2) is 24.5 Å². The number of aromatic nitrogens is 2. The molecule has 0 radical (unpaired) electrons. The van der Waals surface area contributed by atoms with E-state index in [0.717, 1.165) is 32.1 Å². The molecular weight excluding hydrogens is 349 g/mol. The summed E-state index contributed by atoms with van der Waals surface area (Å²) < 4.78 is 21.2. The van der Waals surface area contributed by atoms with E-state index in [4.69, 9.17) is 4.74 Å². The van der Waals surface area contributed by atoms with Crippen molar-refractivity contribution in [1.29, 1.82) is 0 Å². The van der Waals surface area contributed by atoms with Crippen LogP contribution in [0.2, 0.25) is 0 Å². The smallest absolute Gasteiger partial charge is 0.359 e. The number of benzene rings is 1. The number of rotatable bonds is 2. The second-order valence-corrected chi connectivity index (χ2v) is 7.48. The van der Waals surface area contributed by atoms with Crippen molar-refractivity contribution in [3.8, 4) is 5.69 Å². The predicted molar refractivity (Wildman–Crippen MR) is 94.2 cm³/mol. The van der Waals surface area contributed by atoms with E-state index in [2.05, 4.69) is 4.98 Å². The van der Waals surface area contributed by atoms with Gasteiger partial charge in [-0.05, 0) is 50.3 Å². The Labute approximate surface area is 155 Å². The van der Waals surface area contributed by atoms with Crippen molar-refractivity contribution in [2.75, 3.05) is 6.54 Å². The lowest BCUT2D eigenvalue weighted by molar-refractivity contribution is 0.0192. The molecule has 1 aromatic heterocycles. The Morgan fingerprint density at radius 3 is 2.74 bits per heavy atom. The molecule has 0 unspecified atom stereocenters. The molecule has 140 valence electrons. The van der Waals surface area contributed by atoms with Crippen LogP contribution in [-0.2, 0) is 4.74 Å². The van der Waals surface area contributed by atoms with E-state index in [1.54, 1.807) is 21.9 Å². The zero-order chi connectivity index (χ0) is 18.5. The minimum absolute atomic E-state index is 0.0603. The molecule has 7 heteroatoms. The number of nitrogens with zero attached hydrogens (tertiary/aromatic N) is 3. The van der Waals surface area contributed by atoms with Crippen LogP contribution in [0.4, 0.5) is 4.39 Å². The van der Waals surface area contributed by atoms with Gasteiger partial charge in [0, 0.05) is 6.54 Å². The van der Waals surface area contributed by atoms with Crippen molar-refractivity contribution in [1.82, 2.24) is 14.5 Å². The number of hydrogen-bond acceptors (Lipinski definition) is 4. The zero-order valence-corrected chi connectivity index (χ0v) is 14.9. The molecule has 1 amide bonds. The first-order valence-electron chi connectivity index (χ1n) is 9.52. The van der Waals surface area contributed by atoms with Gasteiger partial charge in [0.25, 0.3) is 5.91 Å². The average molecular weight is 369 g/mol. The van der Waals surface area contributed by atoms with Crippen LogP contribution in [0, 0.1) is 5.82 Å². The van der Waals surface area contributed by atoms with Crippen LogP contribution >= 0.6 is 0 Å². The average Bonchev–Trinajstić information content (AvgIpc) is 3.03. The highest BCUT2D eigenvalue weighted by Crippen LogP contribution is 2.41. The normalized spacial score (nSPS) is 21.6. The van der Waals surface area contributed by atoms with E-state index in [9.17, 15) is 14.0 Å². The standard InChI is InChI=1S/C20H20FN3O3/c21-12-6-7-15-14(10-12)19(25)23-9-8-16(23)18-17(22-11-24(15)18)20(26)27-13-4-2-1-3-5-13/h6-7,10-11,13,16H,1-5,8-9H2/t16-/m0/s1. The number of hydrogen-bond donors (Lipinski definition) is 0. The third-order valence-corrected chi connectivity index (χ3v) is 5.87. The highest BCUT2D eigenvalue weighted by atomic mass is 19.1. The van der Waals surface area contributed by atoms with Crippen LogP contribution in [0.5, 0.6) is 0 Å². The second kappa shape index (κ2) is 6.18. The van der Waals surface area contributed by atoms with E-state index in [0.29, 0.717) is 23.5 Å². The van der Waals surface area contributed by atoms with Crippen molar-refractivity contribution in [3.05, 3.63) is 47.3 Å². The molecule has 1 aliphatic carbocycles. The summed E-state index contributed by atoms with van der Waals surface area (Å²) in [6.45, 7) is 0.585. The van der Waals surface area contributed by atoms with Gasteiger partial charge in [0.1, 0.15) is 18.2 Å². The Morgan fingerprint density at radius 1 is 1.19 bits per heavy atom. The number of halogens is 1. The van der Waals surface area contributed by atoms with Gasteiger partial charge in [-0.15, -0.1) is 0 Å². The Hall–Kier alpha value is -2.70. The van der Waals surface area contributed by atoms with Crippen LogP contribution in [0.1, 0.15) is 71.1 Å². The Balaban J connectivity index is 1.56. The molecule has 1 aromatic carbocycles. The molecule has 1 saturated carbocycles. The second-order valence-electron chi connectivity index (χ2n) is 7.48. The van der Waals surface area contributed by atoms with Gasteiger partial charge in [0.05, 0.1) is 23.0 Å². The van der Waals surface area contributed by atoms with E-state index in [-0.39, 0.29) is 23.7 Å². The molecule has 2 aliphatic heterocycles. The monoisotopic (exact) mass is 369 g/mol. The number of ether oxygens (including phenoxy) is 1. The Kier molecular flexibility index (Phi) is 3.77. The van der Waals surface area contributed by atoms with Crippen LogP contribution in [0.25, 0.3) is 5.69 Å². The van der Waals surface area contributed by atoms with Gasteiger partial charge >= 0.3 is 5.97 Å². The SMILES string of the molecule is O=C(OC1CCCCC1)c1ncn2c1[C@@H]1CCN1C(=O)c1cc(F)ccc1-2. The molecule has 0 N–H and O–H groups in total. The lowest BCUT2D eigenvalue weighted by Gasteiger charge is -2.39. The first-order valence-corrected chi connectivity index (χ1v) is 9.52. The Morgan fingerprint density at radius 2 is 2.00 bits per heavy atom. The number of imidazole rings is 1. The van der Waals surface area contributed by atoms with Gasteiger partial charge in [-0.2, -0.15) is 0 Å². The minimum atomic E-state index is -0.459. The number of carbonyl (C=O) groups is 2. The molecule has 2 aromatic rings. The molecule has 6 nitrogen and oxygen atoms in total. The van der Waals surface area contributed by atoms with E-state index < -0.39 is 11.8 Å². The van der Waals surface area contributed by atoms with E-state index in [1.165, 1.54) is 18.6 Å². The largest absolute Gasteiger partial charge is 0.458 e. The van der Waals surface area contributed by atoms with Gasteiger partial charge in [0.15, 0.2) is 5.69 Å². The summed E-state index contributed by atoms with van der Waals surface area (Å²) in [5.41, 5.74) is 1.78. The van der Waals surface area contributed by atoms with Gasteiger partial charge in [0.2, 0.25) is 0 Å². The fourth-order valence-corrected chi connectivity index (χ4v) is 4.37. The molecule has 2 fully saturated rings. The summed E-state index contributed by atoms with van der Waals surface area (Å²) in [5, 5.41) is 0. The van der Waals surface area contributed by atoms with Gasteiger partial charge in [-0.25, -0.2) is 14.2 Å². The number of amides is 1. The van der Waals surface area contributed by atoms with Crippen molar-refractivity contribution in [2.45, 2.75) is 50.7 Å². The number of fused-ring (bicyclic) bond motifs is 5. The molecule has 27 heavy (non-hydrogen) atoms. The van der Waals surface area contributed by atoms with Crippen LogP contribution in [-0.4, -0.2) is 39.0 Å². The molecule has 5 rings (SSSR count). The quantitative estimate of drug-likeness (QED) is 0.761. The first kappa shape index (κ1) is 16.5. The van der Waals surface area contributed by atoms with Crippen molar-refractivity contribution in [2.24, 2.45) is 0 Å². The summed E-state index contributed by atoms with van der Waals surface area (Å²) in [4.78, 5) is 31.6. The summed E-state index contributed by atoms with van der Waals surface area (Å²) in [6.07, 6.45) is 7.33. The molecule has 0 bridgehead atoms. The molecule has 1 atom stereocenters. The van der Waals surface area contributed by atoms with Crippen LogP contribution in [0.3, 0.4) is 0 Å². The van der Waals surface area contributed by atoms with Crippen LogP contribution < -0.4 is 0 Å². The summed E-state index contributed by atoms with van der Waals surface area (Å²) in [7, 11) is 0. The van der Waals surface area contributed by atoms with E-state index >= 15 is 0 Å². The van der Waals surface area contributed by atoms with Gasteiger partial charge in [-0.1, -0.05) is 6.42 Å². The van der Waals surface area contributed by atoms with Gasteiger partial charge < -0.3 is 9.64 Å². The third kappa shape index (κ3) is 2.56. The number of esters is 1. The molecule has 3 aliphatic rings. The fourth-order valence-electron chi connectivity index (χ4n) is 4.37. The van der Waals surface area contributed by atoms with E-state index in [1.807, 2.05) is 0 Å². The minimum Gasteiger partial charge on any atom is -0.458 e. The number of carbonyl (C=O) groups excluding carboxylic acids is 2. The topological polar surface area (TPSA) is 64.4 Å². The third-order valence-electron chi connectivity index (χ3n) is 5.87. The summed E-state index contributed by atoms with van der Waals surface area (Å²) in [6, 6.07) is 3.90. The first-order chi connectivity index (χ1) is 13.1. The Bertz CT molecular complexity index is 933. The molecule has 1 saturated heterocycles. The lowest BCUT2D eigenvalue weighted by Crippen LogP contribution is -2.45. The summed E-state index contributed by atoms with van der Waals surface area (Å²) >= 11 is 0. The van der Waals surface area contributed by atoms with Crippen molar-refractivity contribution >= 4 is 11.9 Å². The molecule has 0 spiro atoms. The molecule has 3 heterocycles. The maximum Gasteiger partial charge on any atom is 0.359 e. The highest BCUT2D eigenvalue weighted by molar-refractivity contribution is 6.00. The predicted octanol–water partition coefficient (Wildman–Crippen LogP) is 3.40. The van der Waals surface area contributed by atoms with Gasteiger partial charge in [-0.3, -0.25) is 9.36 Å². The zero-order valence-electron chi connectivity index (χ0n) is 14.9. The maximum absolute atomic E-state index is 13.7. The fraction of sp³-hybridized carbons (Fsp3) is 0.450.